The molecule has 0 amide bonds. The lowest BCUT2D eigenvalue weighted by Crippen LogP contribution is -2.23. The zero-order chi connectivity index (χ0) is 14.7. The third-order valence-electron chi connectivity index (χ3n) is 3.18. The maximum absolute atomic E-state index is 9.82. The number of hydrogen-bond donors (Lipinski definition) is 1. The molecule has 0 saturated heterocycles. The summed E-state index contributed by atoms with van der Waals surface area (Å²) >= 11 is 0. The van der Waals surface area contributed by atoms with Crippen molar-refractivity contribution in [2.45, 2.75) is 38.7 Å². The second-order valence-electron chi connectivity index (χ2n) is 5.08. The average molecular weight is 259 g/mol. The summed E-state index contributed by atoms with van der Waals surface area (Å²) in [5.41, 5.74) is -1.90. The highest BCUT2D eigenvalue weighted by atomic mass is 16.5. The Labute approximate surface area is 112 Å². The van der Waals surface area contributed by atoms with Crippen LogP contribution in [-0.2, 0) is 5.60 Å². The fourth-order valence-electron chi connectivity index (χ4n) is 1.75. The van der Waals surface area contributed by atoms with Gasteiger partial charge in [0.15, 0.2) is 11.2 Å². The molecule has 1 unspecified atom stereocenters. The van der Waals surface area contributed by atoms with E-state index in [2.05, 4.69) is 11.7 Å². The molecular weight excluding hydrogens is 242 g/mol. The van der Waals surface area contributed by atoms with E-state index >= 15 is 0 Å². The van der Waals surface area contributed by atoms with E-state index in [1.165, 1.54) is 0 Å². The first kappa shape index (κ1) is 14.9. The van der Waals surface area contributed by atoms with Gasteiger partial charge in [0.25, 0.3) is 0 Å². The molecule has 0 bridgehead atoms. The van der Waals surface area contributed by atoms with Crippen molar-refractivity contribution in [3.63, 3.8) is 0 Å². The summed E-state index contributed by atoms with van der Waals surface area (Å²) in [6.07, 6.45) is 1.78. The highest BCUT2D eigenvalue weighted by molar-refractivity contribution is 5.27. The minimum atomic E-state index is -1.23. The van der Waals surface area contributed by atoms with Gasteiger partial charge < -0.3 is 9.63 Å². The molecule has 0 radical (unpaired) electrons. The average Bonchev–Trinajstić information content (AvgIpc) is 2.84. The molecule has 1 heterocycles. The number of aromatic nitrogens is 1. The van der Waals surface area contributed by atoms with Crippen molar-refractivity contribution < 1.29 is 9.63 Å². The molecule has 0 fully saturated rings. The largest absolute Gasteiger partial charge is 0.382 e. The van der Waals surface area contributed by atoms with Gasteiger partial charge in [0.1, 0.15) is 5.60 Å². The SMILES string of the molecule is C=CCC(C#N)(C#N)C(C)c1cc(C(C)(C)O)on1. The third-order valence-corrected chi connectivity index (χ3v) is 3.18. The Balaban J connectivity index is 3.16. The second-order valence-corrected chi connectivity index (χ2v) is 5.08. The first-order valence-corrected chi connectivity index (χ1v) is 5.93. The van der Waals surface area contributed by atoms with E-state index < -0.39 is 16.9 Å². The molecule has 0 aliphatic rings. The Kier molecular flexibility index (Phi) is 4.14. The molecule has 1 aromatic rings. The molecule has 0 saturated carbocycles. The Hall–Kier alpha value is -2.11. The monoisotopic (exact) mass is 259 g/mol. The summed E-state index contributed by atoms with van der Waals surface area (Å²) in [7, 11) is 0. The van der Waals surface area contributed by atoms with Gasteiger partial charge in [-0.3, -0.25) is 0 Å². The Morgan fingerprint density at radius 3 is 2.47 bits per heavy atom. The van der Waals surface area contributed by atoms with Gasteiger partial charge >= 0.3 is 0 Å². The predicted octanol–water partition coefficient (Wildman–Crippen LogP) is 2.62. The molecule has 5 nitrogen and oxygen atoms in total. The summed E-state index contributed by atoms with van der Waals surface area (Å²) in [6.45, 7) is 8.47. The van der Waals surface area contributed by atoms with Crippen molar-refractivity contribution in [1.82, 2.24) is 5.16 Å². The van der Waals surface area contributed by atoms with Crippen molar-refractivity contribution in [3.05, 3.63) is 30.2 Å². The third kappa shape index (κ3) is 2.83. The molecule has 0 aromatic carbocycles. The number of aliphatic hydroxyl groups is 1. The topological polar surface area (TPSA) is 93.8 Å². The summed E-state index contributed by atoms with van der Waals surface area (Å²) in [5.74, 6) is -0.141. The Morgan fingerprint density at radius 1 is 1.53 bits per heavy atom. The molecule has 1 aromatic heterocycles. The molecule has 1 N–H and O–H groups in total. The lowest BCUT2D eigenvalue weighted by Gasteiger charge is -2.22. The molecular formula is C14H17N3O2. The van der Waals surface area contributed by atoms with Crippen LogP contribution in [-0.4, -0.2) is 10.3 Å². The van der Waals surface area contributed by atoms with Crippen molar-refractivity contribution >= 4 is 0 Å². The minimum Gasteiger partial charge on any atom is -0.382 e. The van der Waals surface area contributed by atoms with Crippen LogP contribution in [0, 0.1) is 28.1 Å². The van der Waals surface area contributed by atoms with Crippen molar-refractivity contribution in [1.29, 1.82) is 10.5 Å². The van der Waals surface area contributed by atoms with Crippen LogP contribution in [0.3, 0.4) is 0 Å². The van der Waals surface area contributed by atoms with Crippen LogP contribution >= 0.6 is 0 Å². The first-order chi connectivity index (χ1) is 8.80. The summed E-state index contributed by atoms with van der Waals surface area (Å²) in [6, 6.07) is 5.65. The smallest absolute Gasteiger partial charge is 0.167 e. The number of allylic oxidation sites excluding steroid dienone is 1. The number of nitriles is 2. The highest BCUT2D eigenvalue weighted by Gasteiger charge is 2.39. The molecule has 1 rings (SSSR count). The van der Waals surface area contributed by atoms with E-state index in [0.29, 0.717) is 11.5 Å². The van der Waals surface area contributed by atoms with Gasteiger partial charge in [0.2, 0.25) is 0 Å². The van der Waals surface area contributed by atoms with E-state index in [4.69, 9.17) is 4.52 Å². The van der Waals surface area contributed by atoms with Crippen LogP contribution in [0.25, 0.3) is 0 Å². The molecule has 0 aliphatic heterocycles. The molecule has 1 atom stereocenters. The molecule has 5 heteroatoms. The number of nitrogens with zero attached hydrogens (tertiary/aromatic N) is 3. The van der Waals surface area contributed by atoms with Gasteiger partial charge in [-0.2, -0.15) is 10.5 Å². The quantitative estimate of drug-likeness (QED) is 0.820. The lowest BCUT2D eigenvalue weighted by molar-refractivity contribution is 0.0474. The van der Waals surface area contributed by atoms with E-state index in [-0.39, 0.29) is 6.42 Å². The molecule has 0 aliphatic carbocycles. The molecule has 19 heavy (non-hydrogen) atoms. The maximum atomic E-state index is 9.82. The summed E-state index contributed by atoms with van der Waals surface area (Å²) in [4.78, 5) is 0. The van der Waals surface area contributed by atoms with Gasteiger partial charge in [0.05, 0.1) is 17.8 Å². The maximum Gasteiger partial charge on any atom is 0.167 e. The zero-order valence-electron chi connectivity index (χ0n) is 11.3. The van der Waals surface area contributed by atoms with Crippen molar-refractivity contribution in [2.24, 2.45) is 5.41 Å². The van der Waals surface area contributed by atoms with E-state index in [1.807, 2.05) is 12.1 Å². The van der Waals surface area contributed by atoms with Gasteiger partial charge in [-0.25, -0.2) is 0 Å². The van der Waals surface area contributed by atoms with E-state index in [0.717, 1.165) is 0 Å². The van der Waals surface area contributed by atoms with Crippen LogP contribution in [0.2, 0.25) is 0 Å². The van der Waals surface area contributed by atoms with Gasteiger partial charge in [-0.1, -0.05) is 18.2 Å². The van der Waals surface area contributed by atoms with Crippen LogP contribution in [0.5, 0.6) is 0 Å². The second kappa shape index (κ2) is 5.26. The van der Waals surface area contributed by atoms with Gasteiger partial charge in [-0.05, 0) is 20.3 Å². The van der Waals surface area contributed by atoms with Gasteiger partial charge in [0, 0.05) is 12.0 Å². The van der Waals surface area contributed by atoms with E-state index in [1.54, 1.807) is 32.9 Å². The van der Waals surface area contributed by atoms with Crippen LogP contribution in [0.4, 0.5) is 0 Å². The predicted molar refractivity (Wildman–Crippen MR) is 68.6 cm³/mol. The van der Waals surface area contributed by atoms with Crippen molar-refractivity contribution in [2.75, 3.05) is 0 Å². The van der Waals surface area contributed by atoms with Gasteiger partial charge in [-0.15, -0.1) is 6.58 Å². The fraction of sp³-hybridized carbons (Fsp3) is 0.500. The molecule has 0 spiro atoms. The standard InChI is InChI=1S/C14H17N3O2/c1-5-6-14(8-15,9-16)10(2)11-7-12(19-17-11)13(3,4)18/h5,7,10,18H,1,6H2,2-4H3. The summed E-state index contributed by atoms with van der Waals surface area (Å²) < 4.78 is 5.07. The highest BCUT2D eigenvalue weighted by Crippen LogP contribution is 2.38. The van der Waals surface area contributed by atoms with Crippen LogP contribution in [0.15, 0.2) is 23.2 Å². The first-order valence-electron chi connectivity index (χ1n) is 5.93. The van der Waals surface area contributed by atoms with Crippen LogP contribution in [0.1, 0.15) is 44.6 Å². The summed E-state index contributed by atoms with van der Waals surface area (Å²) in [5, 5.41) is 32.2. The Morgan fingerprint density at radius 2 is 2.11 bits per heavy atom. The van der Waals surface area contributed by atoms with Crippen molar-refractivity contribution in [3.8, 4) is 12.1 Å². The number of hydrogen-bond acceptors (Lipinski definition) is 5. The Bertz CT molecular complexity index is 526. The normalized spacial score (nSPS) is 13.4. The van der Waals surface area contributed by atoms with Crippen LogP contribution < -0.4 is 0 Å². The van der Waals surface area contributed by atoms with E-state index in [9.17, 15) is 15.6 Å². The minimum absolute atomic E-state index is 0.242. The zero-order valence-corrected chi connectivity index (χ0v) is 11.3. The molecule has 100 valence electrons. The lowest BCUT2D eigenvalue weighted by atomic mass is 9.74. The fourth-order valence-corrected chi connectivity index (χ4v) is 1.75. The number of rotatable bonds is 5.